The van der Waals surface area contributed by atoms with Gasteiger partial charge in [0.25, 0.3) is 0 Å². The summed E-state index contributed by atoms with van der Waals surface area (Å²) < 4.78 is 5.30. The van der Waals surface area contributed by atoms with E-state index in [0.717, 1.165) is 22.3 Å². The lowest BCUT2D eigenvalue weighted by Gasteiger charge is -2.29. The Bertz CT molecular complexity index is 1190. The highest BCUT2D eigenvalue weighted by Crippen LogP contribution is 2.36. The number of amides is 2. The number of benzene rings is 2. The minimum atomic E-state index is -1.13. The van der Waals surface area contributed by atoms with E-state index in [1.165, 1.54) is 11.0 Å². The van der Waals surface area contributed by atoms with Crippen molar-refractivity contribution in [2.75, 3.05) is 6.54 Å². The molecule has 1 heterocycles. The highest BCUT2D eigenvalue weighted by atomic mass is 16.6. The Morgan fingerprint density at radius 1 is 1.08 bits per heavy atom. The van der Waals surface area contributed by atoms with E-state index in [-0.39, 0.29) is 0 Å². The Morgan fingerprint density at radius 3 is 2.05 bits per heavy atom. The van der Waals surface area contributed by atoms with Gasteiger partial charge in [-0.3, -0.25) is 9.69 Å². The Hall–Kier alpha value is -4.14. The van der Waals surface area contributed by atoms with Crippen LogP contribution in [0, 0.1) is 5.92 Å². The van der Waals surface area contributed by atoms with Crippen molar-refractivity contribution in [2.45, 2.75) is 58.2 Å². The van der Waals surface area contributed by atoms with Gasteiger partial charge in [0.05, 0.1) is 0 Å². The second-order valence-corrected chi connectivity index (χ2v) is 10.3. The molecular formula is C29H35N3O6. The van der Waals surface area contributed by atoms with Crippen molar-refractivity contribution in [2.24, 2.45) is 11.1 Å². The maximum Gasteiger partial charge on any atom is 0.410 e. The zero-order valence-electron chi connectivity index (χ0n) is 22.2. The summed E-state index contributed by atoms with van der Waals surface area (Å²) in [4.78, 5) is 37.2. The van der Waals surface area contributed by atoms with E-state index in [4.69, 9.17) is 9.94 Å². The number of carboxylic acids is 1. The van der Waals surface area contributed by atoms with Crippen LogP contribution in [-0.2, 0) is 14.3 Å². The molecular weight excluding hydrogens is 486 g/mol. The second kappa shape index (κ2) is 11.9. The number of ether oxygens (including phenoxy) is 1. The number of hydrogen-bond donors (Lipinski definition) is 3. The van der Waals surface area contributed by atoms with Gasteiger partial charge in [-0.1, -0.05) is 66.7 Å². The van der Waals surface area contributed by atoms with Crippen molar-refractivity contribution in [3.8, 4) is 11.1 Å². The topological polar surface area (TPSA) is 129 Å². The molecule has 0 radical (unpaired) electrons. The van der Waals surface area contributed by atoms with E-state index < -0.39 is 41.6 Å². The van der Waals surface area contributed by atoms with E-state index in [2.05, 4.69) is 17.1 Å². The van der Waals surface area contributed by atoms with Crippen LogP contribution >= 0.6 is 0 Å². The first kappa shape index (κ1) is 28.4. The van der Waals surface area contributed by atoms with Crippen LogP contribution in [0.2, 0.25) is 0 Å². The number of oxime groups is 1. The number of fused-ring (bicyclic) bond motifs is 3. The lowest BCUT2D eigenvalue weighted by molar-refractivity contribution is -0.143. The fourth-order valence-electron chi connectivity index (χ4n) is 4.48. The fraction of sp³-hybridized carbons (Fsp3) is 0.379. The lowest BCUT2D eigenvalue weighted by Crippen LogP contribution is -2.53. The maximum atomic E-state index is 12.4. The number of aliphatic carboxylic acids is 1. The van der Waals surface area contributed by atoms with Crippen LogP contribution in [0.3, 0.4) is 0 Å². The average molecular weight is 522 g/mol. The van der Waals surface area contributed by atoms with E-state index in [1.807, 2.05) is 48.5 Å². The van der Waals surface area contributed by atoms with Gasteiger partial charge in [0.2, 0.25) is 5.91 Å². The van der Waals surface area contributed by atoms with Crippen molar-refractivity contribution in [3.63, 3.8) is 0 Å². The Balaban J connectivity index is 0.000000227. The predicted molar refractivity (Wildman–Crippen MR) is 144 cm³/mol. The Kier molecular flexibility index (Phi) is 8.93. The monoisotopic (exact) mass is 521 g/mol. The summed E-state index contributed by atoms with van der Waals surface area (Å²) in [5, 5.41) is 24.2. The third kappa shape index (κ3) is 6.40. The molecule has 1 aliphatic heterocycles. The van der Waals surface area contributed by atoms with Crippen LogP contribution < -0.4 is 5.32 Å². The third-order valence-electron chi connectivity index (χ3n) is 6.40. The molecule has 38 heavy (non-hydrogen) atoms. The van der Waals surface area contributed by atoms with Crippen LogP contribution in [0.25, 0.3) is 11.1 Å². The number of carboxylic acid groups (broad SMARTS) is 1. The van der Waals surface area contributed by atoms with Crippen molar-refractivity contribution in [1.82, 2.24) is 10.2 Å². The normalized spacial score (nSPS) is 17.2. The van der Waals surface area contributed by atoms with Gasteiger partial charge in [-0.15, -0.1) is 6.58 Å². The summed E-state index contributed by atoms with van der Waals surface area (Å²) in [6, 6.07) is 14.2. The molecule has 202 valence electrons. The molecule has 4 rings (SSSR count). The summed E-state index contributed by atoms with van der Waals surface area (Å²) >= 11 is 0. The number of nitrogens with one attached hydrogen (secondary N) is 1. The van der Waals surface area contributed by atoms with Crippen LogP contribution in [-0.4, -0.2) is 63.1 Å². The maximum absolute atomic E-state index is 12.4. The van der Waals surface area contributed by atoms with Crippen LogP contribution in [0.1, 0.15) is 51.7 Å². The van der Waals surface area contributed by atoms with Gasteiger partial charge in [0, 0.05) is 23.6 Å². The number of likely N-dealkylation sites (tertiary alicyclic amines) is 1. The number of rotatable bonds is 5. The van der Waals surface area contributed by atoms with Gasteiger partial charge < -0.3 is 20.4 Å². The van der Waals surface area contributed by atoms with Gasteiger partial charge in [0.15, 0.2) is 0 Å². The molecule has 1 fully saturated rings. The first-order valence-electron chi connectivity index (χ1n) is 12.5. The van der Waals surface area contributed by atoms with Crippen molar-refractivity contribution in [1.29, 1.82) is 0 Å². The van der Waals surface area contributed by atoms with Crippen LogP contribution in [0.15, 0.2) is 66.3 Å². The predicted octanol–water partition coefficient (Wildman–Crippen LogP) is 4.67. The van der Waals surface area contributed by atoms with E-state index in [9.17, 15) is 19.5 Å². The summed E-state index contributed by atoms with van der Waals surface area (Å²) in [6.45, 7) is 10.9. The zero-order valence-corrected chi connectivity index (χ0v) is 22.2. The molecule has 0 aromatic heterocycles. The highest BCUT2D eigenvalue weighted by Gasteiger charge is 2.38. The molecule has 2 amide bonds. The second-order valence-electron chi connectivity index (χ2n) is 10.3. The van der Waals surface area contributed by atoms with Crippen molar-refractivity contribution < 1.29 is 29.4 Å². The summed E-state index contributed by atoms with van der Waals surface area (Å²) in [6.07, 6.45) is 2.07. The van der Waals surface area contributed by atoms with E-state index in [0.29, 0.717) is 25.1 Å². The molecule has 9 heteroatoms. The fourth-order valence-corrected chi connectivity index (χ4v) is 4.48. The minimum Gasteiger partial charge on any atom is -0.480 e. The molecule has 2 aliphatic rings. The molecule has 0 spiro atoms. The standard InChI is InChI=1S/C16H26N2O5.C13H9NO/c1-6-10(2)12(14(20)21)17-13(19)11-8-7-9-18(11)15(22)23-16(3,4)5;15-14-13-11-7-3-1-5-9(11)10-6-2-4-8-12(10)13/h6,10-12H,1,7-9H2,2-5H3,(H,17,19)(H,20,21);1-8,15H. The van der Waals surface area contributed by atoms with E-state index >= 15 is 0 Å². The van der Waals surface area contributed by atoms with Crippen molar-refractivity contribution in [3.05, 3.63) is 72.3 Å². The van der Waals surface area contributed by atoms with Gasteiger partial charge >= 0.3 is 12.1 Å². The van der Waals surface area contributed by atoms with Gasteiger partial charge in [-0.05, 0) is 44.7 Å². The number of carbonyl (C=O) groups is 3. The number of hydrogen-bond acceptors (Lipinski definition) is 6. The lowest BCUT2D eigenvalue weighted by atomic mass is 10.0. The summed E-state index contributed by atoms with van der Waals surface area (Å²) in [7, 11) is 0. The van der Waals surface area contributed by atoms with Crippen LogP contribution in [0.5, 0.6) is 0 Å². The molecule has 2 aromatic carbocycles. The minimum absolute atomic E-state index is 0.418. The molecule has 3 N–H and O–H groups in total. The molecule has 3 atom stereocenters. The quantitative estimate of drug-likeness (QED) is 0.254. The van der Waals surface area contributed by atoms with Crippen LogP contribution in [0.4, 0.5) is 4.79 Å². The summed E-state index contributed by atoms with van der Waals surface area (Å²) in [5.74, 6) is -2.03. The molecule has 2 aromatic rings. The van der Waals surface area contributed by atoms with E-state index in [1.54, 1.807) is 27.7 Å². The SMILES string of the molecule is C=CC(C)C(NC(=O)C1CCCN1C(=O)OC(C)(C)C)C(=O)O.ON=C1c2ccccc2-c2ccccc21. The van der Waals surface area contributed by atoms with Gasteiger partial charge in [0.1, 0.15) is 23.4 Å². The first-order chi connectivity index (χ1) is 18.0. The third-order valence-corrected chi connectivity index (χ3v) is 6.40. The van der Waals surface area contributed by atoms with Gasteiger partial charge in [-0.2, -0.15) is 0 Å². The zero-order chi connectivity index (χ0) is 28.0. The Labute approximate surface area is 222 Å². The Morgan fingerprint density at radius 2 is 1.61 bits per heavy atom. The molecule has 9 nitrogen and oxygen atoms in total. The van der Waals surface area contributed by atoms with Gasteiger partial charge in [-0.25, -0.2) is 9.59 Å². The highest BCUT2D eigenvalue weighted by molar-refractivity contribution is 6.24. The number of nitrogens with zero attached hydrogens (tertiary/aromatic N) is 2. The molecule has 1 aliphatic carbocycles. The smallest absolute Gasteiger partial charge is 0.410 e. The molecule has 0 saturated carbocycles. The largest absolute Gasteiger partial charge is 0.480 e. The molecule has 3 unspecified atom stereocenters. The van der Waals surface area contributed by atoms with Crippen molar-refractivity contribution >= 4 is 23.7 Å². The average Bonchev–Trinajstić information content (AvgIpc) is 3.49. The molecule has 0 bridgehead atoms. The molecule has 1 saturated heterocycles. The first-order valence-corrected chi connectivity index (χ1v) is 12.5. The summed E-state index contributed by atoms with van der Waals surface area (Å²) in [5.41, 5.74) is 4.30. The number of carbonyl (C=O) groups excluding carboxylic acids is 2.